The molecule has 0 saturated carbocycles. The fraction of sp³-hybridized carbons (Fsp3) is 0.421. The van der Waals surface area contributed by atoms with Crippen molar-refractivity contribution in [2.45, 2.75) is 32.9 Å². The van der Waals surface area contributed by atoms with Crippen molar-refractivity contribution >= 4 is 11.6 Å². The third-order valence-electron chi connectivity index (χ3n) is 4.59. The van der Waals surface area contributed by atoms with Crippen LogP contribution < -0.4 is 15.5 Å². The van der Waals surface area contributed by atoms with Gasteiger partial charge < -0.3 is 20.0 Å². The molecule has 1 saturated heterocycles. The highest BCUT2D eigenvalue weighted by Gasteiger charge is 2.25. The highest BCUT2D eigenvalue weighted by atomic mass is 19.1. The summed E-state index contributed by atoms with van der Waals surface area (Å²) in [5.74, 6) is 1.38. The van der Waals surface area contributed by atoms with Gasteiger partial charge in [0.15, 0.2) is 5.96 Å². The fourth-order valence-corrected chi connectivity index (χ4v) is 3.26. The van der Waals surface area contributed by atoms with Crippen molar-refractivity contribution in [3.8, 4) is 0 Å². The van der Waals surface area contributed by atoms with E-state index in [1.807, 2.05) is 24.8 Å². The number of hydrogen-bond acceptors (Lipinski definition) is 3. The van der Waals surface area contributed by atoms with Gasteiger partial charge >= 0.3 is 0 Å². The van der Waals surface area contributed by atoms with Crippen molar-refractivity contribution in [1.82, 2.24) is 10.6 Å². The Morgan fingerprint density at radius 3 is 2.77 bits per heavy atom. The number of guanidine groups is 1. The Hall–Kier alpha value is -2.57. The summed E-state index contributed by atoms with van der Waals surface area (Å²) < 4.78 is 32.6. The summed E-state index contributed by atoms with van der Waals surface area (Å²) in [5.41, 5.74) is 1.52. The summed E-state index contributed by atoms with van der Waals surface area (Å²) >= 11 is 0. The Bertz CT molecular complexity index is 803. The van der Waals surface area contributed by atoms with Crippen LogP contribution >= 0.6 is 0 Å². The molecule has 1 aromatic carbocycles. The summed E-state index contributed by atoms with van der Waals surface area (Å²) in [5, 5.41) is 6.64. The number of nitrogens with zero attached hydrogens (tertiary/aromatic N) is 2. The van der Waals surface area contributed by atoms with Crippen LogP contribution in [0.4, 0.5) is 14.5 Å². The third-order valence-corrected chi connectivity index (χ3v) is 4.59. The van der Waals surface area contributed by atoms with Gasteiger partial charge in [-0.3, -0.25) is 4.99 Å². The maximum absolute atomic E-state index is 14.0. The molecule has 0 aliphatic carbocycles. The number of anilines is 1. The average Bonchev–Trinajstić information content (AvgIpc) is 3.17. The molecule has 3 rings (SSSR count). The van der Waals surface area contributed by atoms with Crippen LogP contribution in [0.2, 0.25) is 0 Å². The topological polar surface area (TPSA) is 52.8 Å². The maximum Gasteiger partial charge on any atom is 0.191 e. The van der Waals surface area contributed by atoms with Crippen LogP contribution in [0.15, 0.2) is 33.7 Å². The number of halogens is 2. The van der Waals surface area contributed by atoms with Crippen molar-refractivity contribution < 1.29 is 13.2 Å². The van der Waals surface area contributed by atoms with Gasteiger partial charge in [-0.15, -0.1) is 0 Å². The van der Waals surface area contributed by atoms with Crippen LogP contribution in [0.25, 0.3) is 0 Å². The summed E-state index contributed by atoms with van der Waals surface area (Å²) in [6, 6.07) is 5.84. The summed E-state index contributed by atoms with van der Waals surface area (Å²) in [4.78, 5) is 6.17. The molecule has 26 heavy (non-hydrogen) atoms. The molecule has 0 radical (unpaired) electrons. The van der Waals surface area contributed by atoms with Gasteiger partial charge in [0, 0.05) is 44.4 Å². The van der Waals surface area contributed by atoms with Crippen molar-refractivity contribution in [2.24, 2.45) is 4.99 Å². The van der Waals surface area contributed by atoms with Gasteiger partial charge in [0.2, 0.25) is 0 Å². The van der Waals surface area contributed by atoms with Crippen LogP contribution in [-0.2, 0) is 6.54 Å². The fourth-order valence-electron chi connectivity index (χ4n) is 3.26. The Balaban J connectivity index is 1.55. The maximum atomic E-state index is 14.0. The van der Waals surface area contributed by atoms with Crippen molar-refractivity contribution in [2.75, 3.05) is 25.0 Å². The minimum atomic E-state index is -0.561. The lowest BCUT2D eigenvalue weighted by Crippen LogP contribution is -2.44. The van der Waals surface area contributed by atoms with E-state index in [9.17, 15) is 8.78 Å². The molecule has 1 aliphatic heterocycles. The van der Waals surface area contributed by atoms with Gasteiger partial charge in [-0.1, -0.05) is 0 Å². The lowest BCUT2D eigenvalue weighted by atomic mass is 10.2. The normalized spacial score (nSPS) is 17.7. The standard InChI is InChI=1S/C19H24F2N4O/c1-12-8-14(13(2)26-12)10-23-19(22-3)24-16-6-7-25(11-16)18-5-4-15(20)9-17(18)21/h4-5,8-9,16H,6-7,10-11H2,1-3H3,(H2,22,23,24). The first-order chi connectivity index (χ1) is 12.5. The van der Waals surface area contributed by atoms with E-state index in [0.29, 0.717) is 31.3 Å². The van der Waals surface area contributed by atoms with Crippen molar-refractivity contribution in [1.29, 1.82) is 0 Å². The number of rotatable bonds is 4. The van der Waals surface area contributed by atoms with Gasteiger partial charge in [-0.05, 0) is 38.5 Å². The van der Waals surface area contributed by atoms with Crippen molar-refractivity contribution in [3.63, 3.8) is 0 Å². The molecule has 2 N–H and O–H groups in total. The molecule has 1 atom stereocenters. The van der Waals surface area contributed by atoms with Gasteiger partial charge in [0.25, 0.3) is 0 Å². The van der Waals surface area contributed by atoms with Gasteiger partial charge in [-0.2, -0.15) is 0 Å². The molecule has 1 unspecified atom stereocenters. The van der Waals surface area contributed by atoms with Gasteiger partial charge in [0.05, 0.1) is 5.69 Å². The molecule has 2 aromatic rings. The predicted octanol–water partition coefficient (Wildman–Crippen LogP) is 3.12. The van der Waals surface area contributed by atoms with Gasteiger partial charge in [-0.25, -0.2) is 8.78 Å². The summed E-state index contributed by atoms with van der Waals surface area (Å²) in [6.07, 6.45) is 0.849. The molecule has 0 amide bonds. The first-order valence-electron chi connectivity index (χ1n) is 8.69. The second-order valence-corrected chi connectivity index (χ2v) is 6.54. The molecule has 1 aliphatic rings. The number of nitrogens with one attached hydrogen (secondary N) is 2. The van der Waals surface area contributed by atoms with E-state index >= 15 is 0 Å². The minimum absolute atomic E-state index is 0.137. The Morgan fingerprint density at radius 2 is 2.12 bits per heavy atom. The van der Waals surface area contributed by atoms with E-state index in [2.05, 4.69) is 15.6 Å². The molecule has 1 fully saturated rings. The highest BCUT2D eigenvalue weighted by molar-refractivity contribution is 5.80. The third kappa shape index (κ3) is 4.15. The number of aryl methyl sites for hydroxylation is 2. The highest BCUT2D eigenvalue weighted by Crippen LogP contribution is 2.24. The Morgan fingerprint density at radius 1 is 1.31 bits per heavy atom. The number of hydrogen-bond donors (Lipinski definition) is 2. The van der Waals surface area contributed by atoms with E-state index in [1.165, 1.54) is 12.1 Å². The zero-order valence-electron chi connectivity index (χ0n) is 15.3. The zero-order valence-corrected chi connectivity index (χ0v) is 15.3. The molecule has 0 spiro atoms. The van der Waals surface area contributed by atoms with E-state index in [1.54, 1.807) is 7.05 Å². The van der Waals surface area contributed by atoms with Crippen LogP contribution in [0.5, 0.6) is 0 Å². The summed E-state index contributed by atoms with van der Waals surface area (Å²) in [6.45, 7) is 5.81. The van der Waals surface area contributed by atoms with Crippen LogP contribution in [0, 0.1) is 25.5 Å². The summed E-state index contributed by atoms with van der Waals surface area (Å²) in [7, 11) is 1.72. The van der Waals surface area contributed by atoms with E-state index in [-0.39, 0.29) is 6.04 Å². The monoisotopic (exact) mass is 362 g/mol. The van der Waals surface area contributed by atoms with E-state index < -0.39 is 11.6 Å². The van der Waals surface area contributed by atoms with Gasteiger partial charge in [0.1, 0.15) is 23.2 Å². The molecule has 0 bridgehead atoms. The number of aliphatic imine (C=N–C) groups is 1. The average molecular weight is 362 g/mol. The molecular formula is C19H24F2N4O. The lowest BCUT2D eigenvalue weighted by molar-refractivity contribution is 0.500. The Kier molecular flexibility index (Phi) is 5.44. The second-order valence-electron chi connectivity index (χ2n) is 6.54. The quantitative estimate of drug-likeness (QED) is 0.648. The molecular weight excluding hydrogens is 338 g/mol. The van der Waals surface area contributed by atoms with Crippen LogP contribution in [-0.4, -0.2) is 32.1 Å². The lowest BCUT2D eigenvalue weighted by Gasteiger charge is -2.21. The van der Waals surface area contributed by atoms with E-state index in [4.69, 9.17) is 4.42 Å². The van der Waals surface area contributed by atoms with Crippen molar-refractivity contribution in [3.05, 3.63) is 53.0 Å². The van der Waals surface area contributed by atoms with Crippen LogP contribution in [0.1, 0.15) is 23.5 Å². The Labute approximate surface area is 152 Å². The largest absolute Gasteiger partial charge is 0.466 e. The smallest absolute Gasteiger partial charge is 0.191 e. The predicted molar refractivity (Wildman–Crippen MR) is 98.5 cm³/mol. The molecule has 5 nitrogen and oxygen atoms in total. The van der Waals surface area contributed by atoms with Crippen LogP contribution in [0.3, 0.4) is 0 Å². The van der Waals surface area contributed by atoms with E-state index in [0.717, 1.165) is 29.6 Å². The second kappa shape index (κ2) is 7.76. The first-order valence-corrected chi connectivity index (χ1v) is 8.69. The first kappa shape index (κ1) is 18.2. The molecule has 140 valence electrons. The number of furan rings is 1. The number of benzene rings is 1. The zero-order chi connectivity index (χ0) is 18.7. The SMILES string of the molecule is CN=C(NCc1cc(C)oc1C)NC1CCN(c2ccc(F)cc2F)C1. The molecule has 1 aromatic heterocycles. The molecule has 7 heteroatoms. The minimum Gasteiger partial charge on any atom is -0.466 e. The molecule has 2 heterocycles.